The zero-order valence-corrected chi connectivity index (χ0v) is 10.2. The minimum Gasteiger partial charge on any atom is -0.381 e. The number of rotatable bonds is 1. The Balaban J connectivity index is 2.58. The lowest BCUT2D eigenvalue weighted by atomic mass is 10.2. The van der Waals surface area contributed by atoms with Crippen molar-refractivity contribution in [2.45, 2.75) is 6.92 Å². The molecule has 0 saturated carbocycles. The second-order valence-corrected chi connectivity index (χ2v) is 4.37. The summed E-state index contributed by atoms with van der Waals surface area (Å²) in [7, 11) is 0. The minimum atomic E-state index is 0.374. The Bertz CT molecular complexity index is 509. The van der Waals surface area contributed by atoms with Crippen molar-refractivity contribution in [1.29, 1.82) is 0 Å². The topological polar surface area (TPSA) is 56.7 Å². The van der Waals surface area contributed by atoms with Crippen LogP contribution in [-0.4, -0.2) is 15.0 Å². The van der Waals surface area contributed by atoms with Gasteiger partial charge < -0.3 is 5.73 Å². The van der Waals surface area contributed by atoms with Gasteiger partial charge in [-0.1, -0.05) is 11.6 Å². The van der Waals surface area contributed by atoms with Crippen LogP contribution >= 0.6 is 27.5 Å². The Morgan fingerprint density at radius 2 is 2.20 bits per heavy atom. The van der Waals surface area contributed by atoms with E-state index in [2.05, 4.69) is 26.1 Å². The summed E-state index contributed by atoms with van der Waals surface area (Å²) < 4.78 is 0.875. The van der Waals surface area contributed by atoms with E-state index < -0.39 is 0 Å². The molecule has 15 heavy (non-hydrogen) atoms. The molecular weight excluding hydrogens is 279 g/mol. The van der Waals surface area contributed by atoms with Crippen LogP contribution in [0.2, 0.25) is 5.02 Å². The molecule has 1 heterocycles. The van der Waals surface area contributed by atoms with Crippen molar-refractivity contribution in [3.63, 3.8) is 0 Å². The van der Waals surface area contributed by atoms with E-state index in [9.17, 15) is 0 Å². The van der Waals surface area contributed by atoms with Crippen LogP contribution in [0.4, 0.5) is 5.82 Å². The van der Waals surface area contributed by atoms with E-state index in [1.807, 2.05) is 13.0 Å². The highest BCUT2D eigenvalue weighted by atomic mass is 79.9. The predicted molar refractivity (Wildman–Crippen MR) is 63.2 cm³/mol. The Morgan fingerprint density at radius 1 is 1.47 bits per heavy atom. The maximum Gasteiger partial charge on any atom is 0.166 e. The Morgan fingerprint density at radius 3 is 2.80 bits per heavy atom. The highest BCUT2D eigenvalue weighted by Crippen LogP contribution is 2.27. The van der Waals surface area contributed by atoms with E-state index in [1.165, 1.54) is 11.0 Å². The normalized spacial score (nSPS) is 10.6. The summed E-state index contributed by atoms with van der Waals surface area (Å²) in [5.74, 6) is 0.374. The van der Waals surface area contributed by atoms with Gasteiger partial charge in [0.2, 0.25) is 0 Å². The lowest BCUT2D eigenvalue weighted by Gasteiger charge is -2.05. The quantitative estimate of drug-likeness (QED) is 0.877. The average molecular weight is 288 g/mol. The number of nitrogens with two attached hydrogens (primary N) is 1. The van der Waals surface area contributed by atoms with Crippen LogP contribution in [0, 0.1) is 6.92 Å². The van der Waals surface area contributed by atoms with Crippen molar-refractivity contribution in [1.82, 2.24) is 15.0 Å². The van der Waals surface area contributed by atoms with Gasteiger partial charge in [-0.25, -0.2) is 0 Å². The molecular formula is C9H8BrClN4. The van der Waals surface area contributed by atoms with Crippen LogP contribution in [-0.2, 0) is 0 Å². The first-order chi connectivity index (χ1) is 7.08. The molecule has 1 aromatic carbocycles. The Hall–Kier alpha value is -1.07. The van der Waals surface area contributed by atoms with E-state index in [4.69, 9.17) is 17.3 Å². The molecule has 0 spiro atoms. The van der Waals surface area contributed by atoms with Gasteiger partial charge in [0, 0.05) is 9.50 Å². The minimum absolute atomic E-state index is 0.374. The van der Waals surface area contributed by atoms with Crippen molar-refractivity contribution < 1.29 is 0 Å². The fourth-order valence-electron chi connectivity index (χ4n) is 1.18. The first kappa shape index (κ1) is 10.4. The summed E-state index contributed by atoms with van der Waals surface area (Å²) in [5, 5.41) is 8.69. The standard InChI is InChI=1S/C9H8BrClN4/c1-5-2-6(10)8(3-7(5)11)15-13-4-9(12)14-15/h2-4H,1H3,(H2,12,14). The molecule has 0 atom stereocenters. The molecule has 0 radical (unpaired) electrons. The molecule has 2 rings (SSSR count). The molecule has 6 heteroatoms. The number of nitrogens with zero attached hydrogens (tertiary/aromatic N) is 3. The highest BCUT2D eigenvalue weighted by Gasteiger charge is 2.08. The summed E-state index contributed by atoms with van der Waals surface area (Å²) in [6.07, 6.45) is 1.49. The molecule has 0 amide bonds. The molecule has 78 valence electrons. The molecule has 2 aromatic rings. The van der Waals surface area contributed by atoms with Gasteiger partial charge in [0.05, 0.1) is 6.20 Å². The van der Waals surface area contributed by atoms with Gasteiger partial charge in [-0.2, -0.15) is 5.10 Å². The van der Waals surface area contributed by atoms with Crippen LogP contribution in [0.3, 0.4) is 0 Å². The molecule has 0 unspecified atom stereocenters. The fourth-order valence-corrected chi connectivity index (χ4v) is 1.95. The number of aryl methyl sites for hydroxylation is 1. The van der Waals surface area contributed by atoms with Gasteiger partial charge in [-0.3, -0.25) is 0 Å². The first-order valence-electron chi connectivity index (χ1n) is 4.22. The second-order valence-electron chi connectivity index (χ2n) is 3.11. The third-order valence-corrected chi connectivity index (χ3v) is 3.00. The van der Waals surface area contributed by atoms with E-state index in [-0.39, 0.29) is 0 Å². The predicted octanol–water partition coefficient (Wildman–Crippen LogP) is 2.57. The molecule has 0 bridgehead atoms. The van der Waals surface area contributed by atoms with Gasteiger partial charge in [-0.05, 0) is 40.5 Å². The number of nitrogen functional groups attached to an aromatic ring is 1. The third-order valence-electron chi connectivity index (χ3n) is 1.95. The lowest BCUT2D eigenvalue weighted by Crippen LogP contribution is -2.01. The number of halogens is 2. The number of benzene rings is 1. The summed E-state index contributed by atoms with van der Waals surface area (Å²) >= 11 is 9.45. The Kier molecular flexibility index (Phi) is 2.67. The fraction of sp³-hybridized carbons (Fsp3) is 0.111. The third kappa shape index (κ3) is 1.98. The summed E-state index contributed by atoms with van der Waals surface area (Å²) in [4.78, 5) is 1.44. The van der Waals surface area contributed by atoms with Gasteiger partial charge in [0.1, 0.15) is 5.69 Å². The molecule has 0 aliphatic carbocycles. The molecule has 1 aromatic heterocycles. The van der Waals surface area contributed by atoms with Crippen molar-refractivity contribution in [3.8, 4) is 5.69 Å². The van der Waals surface area contributed by atoms with E-state index in [0.717, 1.165) is 15.7 Å². The van der Waals surface area contributed by atoms with Crippen molar-refractivity contribution in [3.05, 3.63) is 33.4 Å². The maximum atomic E-state index is 6.02. The first-order valence-corrected chi connectivity index (χ1v) is 5.39. The Labute approximate surface area is 100 Å². The van der Waals surface area contributed by atoms with Gasteiger partial charge >= 0.3 is 0 Å². The zero-order chi connectivity index (χ0) is 11.0. The SMILES string of the molecule is Cc1cc(Br)c(-n2ncc(N)n2)cc1Cl. The average Bonchev–Trinajstić information content (AvgIpc) is 2.58. The van der Waals surface area contributed by atoms with Crippen LogP contribution < -0.4 is 5.73 Å². The number of anilines is 1. The summed E-state index contributed by atoms with van der Waals surface area (Å²) in [5.41, 5.74) is 7.25. The van der Waals surface area contributed by atoms with Crippen LogP contribution in [0.15, 0.2) is 22.8 Å². The van der Waals surface area contributed by atoms with E-state index >= 15 is 0 Å². The van der Waals surface area contributed by atoms with Crippen molar-refractivity contribution in [2.75, 3.05) is 5.73 Å². The highest BCUT2D eigenvalue weighted by molar-refractivity contribution is 9.10. The largest absolute Gasteiger partial charge is 0.381 e. The smallest absolute Gasteiger partial charge is 0.166 e. The summed E-state index contributed by atoms with van der Waals surface area (Å²) in [6, 6.07) is 3.71. The van der Waals surface area contributed by atoms with Crippen LogP contribution in [0.5, 0.6) is 0 Å². The van der Waals surface area contributed by atoms with Crippen molar-refractivity contribution in [2.24, 2.45) is 0 Å². The molecule has 2 N–H and O–H groups in total. The second kappa shape index (κ2) is 3.83. The summed E-state index contributed by atoms with van der Waals surface area (Å²) in [6.45, 7) is 1.93. The molecule has 0 fully saturated rings. The van der Waals surface area contributed by atoms with Gasteiger partial charge in [0.15, 0.2) is 5.82 Å². The molecule has 0 aliphatic rings. The monoisotopic (exact) mass is 286 g/mol. The van der Waals surface area contributed by atoms with Gasteiger partial charge in [-0.15, -0.1) is 9.90 Å². The number of hydrogen-bond donors (Lipinski definition) is 1. The van der Waals surface area contributed by atoms with Crippen LogP contribution in [0.1, 0.15) is 5.56 Å². The van der Waals surface area contributed by atoms with E-state index in [1.54, 1.807) is 6.07 Å². The molecule has 0 saturated heterocycles. The van der Waals surface area contributed by atoms with Crippen molar-refractivity contribution >= 4 is 33.3 Å². The number of aromatic nitrogens is 3. The number of hydrogen-bond acceptors (Lipinski definition) is 3. The van der Waals surface area contributed by atoms with Crippen LogP contribution in [0.25, 0.3) is 5.69 Å². The molecule has 0 aliphatic heterocycles. The van der Waals surface area contributed by atoms with E-state index in [0.29, 0.717) is 10.8 Å². The van der Waals surface area contributed by atoms with Gasteiger partial charge in [0.25, 0.3) is 0 Å². The zero-order valence-electron chi connectivity index (χ0n) is 7.91. The lowest BCUT2D eigenvalue weighted by molar-refractivity contribution is 0.751. The molecule has 4 nitrogen and oxygen atoms in total. The maximum absolute atomic E-state index is 6.02.